The largest absolute Gasteiger partial charge is 0.469 e. The second kappa shape index (κ2) is 12.0. The highest BCUT2D eigenvalue weighted by atomic mass is 16.5. The molecular weight excluding hydrogens is 232 g/mol. The van der Waals surface area contributed by atoms with E-state index in [1.807, 2.05) is 0 Å². The lowest BCUT2D eigenvalue weighted by molar-refractivity contribution is -0.141. The van der Waals surface area contributed by atoms with Crippen LogP contribution in [0.15, 0.2) is 0 Å². The Morgan fingerprint density at radius 1 is 0.778 bits per heavy atom. The van der Waals surface area contributed by atoms with Crippen LogP contribution in [0.4, 0.5) is 0 Å². The van der Waals surface area contributed by atoms with E-state index in [-0.39, 0.29) is 11.9 Å². The zero-order chi connectivity index (χ0) is 13.6. The Morgan fingerprint density at radius 2 is 1.17 bits per heavy atom. The topological polar surface area (TPSA) is 52.6 Å². The molecule has 0 aliphatic heterocycles. The van der Waals surface area contributed by atoms with Crippen molar-refractivity contribution in [2.45, 2.75) is 51.4 Å². The molecule has 0 aromatic carbocycles. The Hall–Kier alpha value is -1.50. The summed E-state index contributed by atoms with van der Waals surface area (Å²) in [6.45, 7) is 0. The average molecular weight is 254 g/mol. The quantitative estimate of drug-likeness (QED) is 0.379. The Kier molecular flexibility index (Phi) is 11.0. The highest BCUT2D eigenvalue weighted by Gasteiger charge is 1.98. The van der Waals surface area contributed by atoms with E-state index in [0.717, 1.165) is 38.5 Å². The summed E-state index contributed by atoms with van der Waals surface area (Å²) >= 11 is 0. The number of ether oxygens (including phenoxy) is 2. The summed E-state index contributed by atoms with van der Waals surface area (Å²) in [6.07, 6.45) is 6.05. The maximum atomic E-state index is 10.8. The number of hydrogen-bond donors (Lipinski definition) is 0. The molecule has 0 N–H and O–H groups in total. The van der Waals surface area contributed by atoms with Crippen molar-refractivity contribution in [2.24, 2.45) is 0 Å². The van der Waals surface area contributed by atoms with E-state index in [4.69, 9.17) is 0 Å². The molecule has 0 aliphatic carbocycles. The van der Waals surface area contributed by atoms with Crippen molar-refractivity contribution >= 4 is 11.9 Å². The number of carbonyl (C=O) groups excluding carboxylic acids is 2. The van der Waals surface area contributed by atoms with Gasteiger partial charge in [-0.25, -0.2) is 0 Å². The Morgan fingerprint density at radius 3 is 1.50 bits per heavy atom. The van der Waals surface area contributed by atoms with Gasteiger partial charge < -0.3 is 9.47 Å². The Labute approximate surface area is 109 Å². The van der Waals surface area contributed by atoms with Gasteiger partial charge in [0.15, 0.2) is 0 Å². The molecule has 0 unspecified atom stereocenters. The van der Waals surface area contributed by atoms with Gasteiger partial charge in [0.05, 0.1) is 14.2 Å². The summed E-state index contributed by atoms with van der Waals surface area (Å²) in [4.78, 5) is 21.6. The van der Waals surface area contributed by atoms with E-state index in [9.17, 15) is 9.59 Å². The van der Waals surface area contributed by atoms with Crippen molar-refractivity contribution < 1.29 is 19.1 Å². The highest BCUT2D eigenvalue weighted by molar-refractivity contribution is 5.69. The molecule has 0 fully saturated rings. The molecule has 0 saturated carbocycles. The first-order valence-electron chi connectivity index (χ1n) is 6.30. The smallest absolute Gasteiger partial charge is 0.305 e. The molecule has 0 aromatic heterocycles. The van der Waals surface area contributed by atoms with Crippen molar-refractivity contribution in [2.75, 3.05) is 14.2 Å². The van der Waals surface area contributed by atoms with Crippen molar-refractivity contribution in [3.63, 3.8) is 0 Å². The van der Waals surface area contributed by atoms with Crippen LogP contribution in [0.3, 0.4) is 0 Å². The van der Waals surface area contributed by atoms with Crippen LogP contribution < -0.4 is 0 Å². The van der Waals surface area contributed by atoms with Crippen LogP contribution in [0.2, 0.25) is 0 Å². The van der Waals surface area contributed by atoms with E-state index in [0.29, 0.717) is 12.8 Å². The van der Waals surface area contributed by atoms with Gasteiger partial charge in [-0.1, -0.05) is 0 Å². The van der Waals surface area contributed by atoms with Crippen molar-refractivity contribution in [3.05, 3.63) is 0 Å². The summed E-state index contributed by atoms with van der Waals surface area (Å²) < 4.78 is 9.08. The number of rotatable bonds is 8. The SMILES string of the molecule is COC(=O)CCCCC#CCCCCC(=O)OC. The lowest BCUT2D eigenvalue weighted by Crippen LogP contribution is -1.99. The fourth-order valence-corrected chi connectivity index (χ4v) is 1.35. The van der Waals surface area contributed by atoms with Gasteiger partial charge in [-0.05, 0) is 25.7 Å². The number of methoxy groups -OCH3 is 2. The predicted octanol–water partition coefficient (Wildman–Crippen LogP) is 2.46. The summed E-state index contributed by atoms with van der Waals surface area (Å²) in [6, 6.07) is 0. The van der Waals surface area contributed by atoms with Crippen LogP contribution in [0.1, 0.15) is 51.4 Å². The van der Waals surface area contributed by atoms with Crippen molar-refractivity contribution in [1.82, 2.24) is 0 Å². The van der Waals surface area contributed by atoms with Gasteiger partial charge in [0.25, 0.3) is 0 Å². The van der Waals surface area contributed by atoms with E-state index in [1.165, 1.54) is 14.2 Å². The summed E-state index contributed by atoms with van der Waals surface area (Å²) in [7, 11) is 2.80. The van der Waals surface area contributed by atoms with Gasteiger partial charge in [-0.2, -0.15) is 0 Å². The van der Waals surface area contributed by atoms with Crippen LogP contribution in [0.5, 0.6) is 0 Å². The molecule has 0 heterocycles. The van der Waals surface area contributed by atoms with Crippen molar-refractivity contribution in [1.29, 1.82) is 0 Å². The average Bonchev–Trinajstić information content (AvgIpc) is 2.40. The number of unbranched alkanes of at least 4 members (excludes halogenated alkanes) is 4. The second-order valence-electron chi connectivity index (χ2n) is 3.92. The standard InChI is InChI=1S/C14H22O4/c1-17-13(15)11-9-7-5-3-4-6-8-10-12-14(16)18-2/h5-12H2,1-2H3. The van der Waals surface area contributed by atoms with E-state index in [1.54, 1.807) is 0 Å². The highest BCUT2D eigenvalue weighted by Crippen LogP contribution is 2.02. The molecule has 4 nitrogen and oxygen atoms in total. The third-order valence-electron chi connectivity index (χ3n) is 2.45. The molecule has 4 heteroatoms. The molecule has 0 rings (SSSR count). The fourth-order valence-electron chi connectivity index (χ4n) is 1.35. The summed E-state index contributed by atoms with van der Waals surface area (Å²) in [5.41, 5.74) is 0. The molecule has 18 heavy (non-hydrogen) atoms. The maximum absolute atomic E-state index is 10.8. The van der Waals surface area contributed by atoms with Crippen LogP contribution in [-0.2, 0) is 19.1 Å². The third-order valence-corrected chi connectivity index (χ3v) is 2.45. The minimum Gasteiger partial charge on any atom is -0.469 e. The van der Waals surface area contributed by atoms with Crippen molar-refractivity contribution in [3.8, 4) is 11.8 Å². The zero-order valence-electron chi connectivity index (χ0n) is 11.3. The van der Waals surface area contributed by atoms with Crippen LogP contribution in [-0.4, -0.2) is 26.2 Å². The molecule has 0 saturated heterocycles. The van der Waals surface area contributed by atoms with Crippen LogP contribution in [0, 0.1) is 11.8 Å². The first-order chi connectivity index (χ1) is 8.70. The molecular formula is C14H22O4. The normalized spacial score (nSPS) is 9.22. The number of esters is 2. The van der Waals surface area contributed by atoms with Crippen LogP contribution in [0.25, 0.3) is 0 Å². The molecule has 0 radical (unpaired) electrons. The molecule has 0 spiro atoms. The van der Waals surface area contributed by atoms with Crippen LogP contribution >= 0.6 is 0 Å². The molecule has 0 bridgehead atoms. The van der Waals surface area contributed by atoms with Gasteiger partial charge in [0.1, 0.15) is 0 Å². The minimum atomic E-state index is -0.161. The second-order valence-corrected chi connectivity index (χ2v) is 3.92. The van der Waals surface area contributed by atoms with E-state index >= 15 is 0 Å². The minimum absolute atomic E-state index is 0.161. The van der Waals surface area contributed by atoms with Gasteiger partial charge in [-0.3, -0.25) is 9.59 Å². The van der Waals surface area contributed by atoms with Gasteiger partial charge in [0.2, 0.25) is 0 Å². The first kappa shape index (κ1) is 16.5. The number of hydrogen-bond acceptors (Lipinski definition) is 4. The molecule has 102 valence electrons. The van der Waals surface area contributed by atoms with Gasteiger partial charge >= 0.3 is 11.9 Å². The molecule has 0 atom stereocenters. The summed E-state index contributed by atoms with van der Waals surface area (Å²) in [5.74, 6) is 5.80. The Bertz CT molecular complexity index is 271. The summed E-state index contributed by atoms with van der Waals surface area (Å²) in [5, 5.41) is 0. The predicted molar refractivity (Wildman–Crippen MR) is 68.7 cm³/mol. The lowest BCUT2D eigenvalue weighted by Gasteiger charge is -1.96. The number of carbonyl (C=O) groups is 2. The van der Waals surface area contributed by atoms with E-state index in [2.05, 4.69) is 21.3 Å². The molecule has 0 amide bonds. The maximum Gasteiger partial charge on any atom is 0.305 e. The first-order valence-corrected chi connectivity index (χ1v) is 6.30. The van der Waals surface area contributed by atoms with E-state index < -0.39 is 0 Å². The van der Waals surface area contributed by atoms with Gasteiger partial charge in [0, 0.05) is 25.7 Å². The Balaban J connectivity index is 3.29. The molecule has 0 aliphatic rings. The lowest BCUT2D eigenvalue weighted by atomic mass is 10.1. The third kappa shape index (κ3) is 11.0. The molecule has 0 aromatic rings. The van der Waals surface area contributed by atoms with Gasteiger partial charge in [-0.15, -0.1) is 11.8 Å². The monoisotopic (exact) mass is 254 g/mol. The fraction of sp³-hybridized carbons (Fsp3) is 0.714. The zero-order valence-corrected chi connectivity index (χ0v) is 11.3.